The Hall–Kier alpha value is -3.65. The number of benzene rings is 2. The molecule has 0 fully saturated rings. The maximum absolute atomic E-state index is 4.83. The third kappa shape index (κ3) is 4.22. The molecule has 2 aromatic carbocycles. The highest BCUT2D eigenvalue weighted by molar-refractivity contribution is 7.13. The fraction of sp³-hybridized carbons (Fsp3) is 0.208. The molecule has 0 aliphatic carbocycles. The van der Waals surface area contributed by atoms with Crippen LogP contribution in [0.2, 0.25) is 0 Å². The monoisotopic (exact) mass is 441 g/mol. The maximum Gasteiger partial charge on any atom is 0.205 e. The Balaban J connectivity index is 1.41. The van der Waals surface area contributed by atoms with E-state index in [0.717, 1.165) is 52.5 Å². The Kier molecular flexibility index (Phi) is 5.85. The average molecular weight is 442 g/mol. The first-order valence-electron chi connectivity index (χ1n) is 10.7. The van der Waals surface area contributed by atoms with Crippen molar-refractivity contribution in [2.24, 2.45) is 0 Å². The molecule has 0 aliphatic rings. The number of thiophene rings is 1. The van der Waals surface area contributed by atoms with E-state index in [2.05, 4.69) is 69.3 Å². The van der Waals surface area contributed by atoms with Crippen molar-refractivity contribution in [2.45, 2.75) is 32.7 Å². The summed E-state index contributed by atoms with van der Waals surface area (Å²) < 4.78 is 2.05. The van der Waals surface area contributed by atoms with Crippen molar-refractivity contribution >= 4 is 11.3 Å². The van der Waals surface area contributed by atoms with Gasteiger partial charge in [-0.25, -0.2) is 9.67 Å². The summed E-state index contributed by atoms with van der Waals surface area (Å²) in [4.78, 5) is 5.94. The Morgan fingerprint density at radius 3 is 2.50 bits per heavy atom. The van der Waals surface area contributed by atoms with Crippen molar-refractivity contribution < 1.29 is 0 Å². The van der Waals surface area contributed by atoms with E-state index in [1.165, 1.54) is 5.56 Å². The number of aromatic nitrogens is 7. The molecule has 0 aliphatic heterocycles. The van der Waals surface area contributed by atoms with Gasteiger partial charge in [-0.3, -0.25) is 0 Å². The van der Waals surface area contributed by atoms with Gasteiger partial charge in [0.05, 0.1) is 11.4 Å². The molecule has 0 atom stereocenters. The summed E-state index contributed by atoms with van der Waals surface area (Å²) in [7, 11) is 0. The highest BCUT2D eigenvalue weighted by atomic mass is 32.1. The van der Waals surface area contributed by atoms with Gasteiger partial charge < -0.3 is 0 Å². The molecule has 0 saturated heterocycles. The van der Waals surface area contributed by atoms with Gasteiger partial charge in [-0.15, -0.1) is 26.6 Å². The van der Waals surface area contributed by atoms with Gasteiger partial charge in [-0.2, -0.15) is 5.21 Å². The van der Waals surface area contributed by atoms with Crippen molar-refractivity contribution in [3.63, 3.8) is 0 Å². The van der Waals surface area contributed by atoms with Crippen LogP contribution in [0.25, 0.3) is 33.2 Å². The number of hydrogen-bond donors (Lipinski definition) is 1. The fourth-order valence-corrected chi connectivity index (χ4v) is 4.35. The molecule has 0 unspecified atom stereocenters. The second-order valence-electron chi connectivity index (χ2n) is 7.57. The van der Waals surface area contributed by atoms with E-state index in [1.54, 1.807) is 11.3 Å². The van der Waals surface area contributed by atoms with E-state index in [-0.39, 0.29) is 0 Å². The van der Waals surface area contributed by atoms with E-state index >= 15 is 0 Å². The number of aromatic amines is 1. The summed E-state index contributed by atoms with van der Waals surface area (Å²) in [6.07, 6.45) is 3.18. The summed E-state index contributed by atoms with van der Waals surface area (Å²) in [6, 6.07) is 20.8. The van der Waals surface area contributed by atoms with E-state index < -0.39 is 0 Å². The minimum atomic E-state index is 0.592. The lowest BCUT2D eigenvalue weighted by Gasteiger charge is -2.09. The molecule has 7 nitrogen and oxygen atoms in total. The lowest BCUT2D eigenvalue weighted by molar-refractivity contribution is 0.619. The zero-order valence-corrected chi connectivity index (χ0v) is 18.6. The SMILES string of the molecule is CCCCc1nc(-c2cccs2)nn1Cc1ccc(-c2ccccc2-c2nn[nH]n2)cc1. The van der Waals surface area contributed by atoms with Gasteiger partial charge in [0, 0.05) is 12.0 Å². The number of nitrogens with one attached hydrogen (secondary N) is 1. The third-order valence-corrected chi connectivity index (χ3v) is 6.22. The number of unbranched alkanes of at least 4 members (excludes halogenated alkanes) is 1. The highest BCUT2D eigenvalue weighted by Gasteiger charge is 2.14. The van der Waals surface area contributed by atoms with E-state index in [4.69, 9.17) is 10.1 Å². The minimum absolute atomic E-state index is 0.592. The summed E-state index contributed by atoms with van der Waals surface area (Å²) >= 11 is 1.67. The van der Waals surface area contributed by atoms with Crippen molar-refractivity contribution in [3.05, 3.63) is 77.4 Å². The Morgan fingerprint density at radius 1 is 0.938 bits per heavy atom. The second kappa shape index (κ2) is 9.23. The molecule has 5 rings (SSSR count). The smallest absolute Gasteiger partial charge is 0.205 e. The zero-order valence-electron chi connectivity index (χ0n) is 17.8. The van der Waals surface area contributed by atoms with Crippen LogP contribution in [0.1, 0.15) is 31.2 Å². The van der Waals surface area contributed by atoms with Crippen LogP contribution in [0.5, 0.6) is 0 Å². The molecule has 0 radical (unpaired) electrons. The standard InChI is InChI=1S/C24H23N7S/c1-2-3-10-22-25-24(21-9-6-15-32-21)28-31(22)16-17-11-13-18(14-12-17)19-7-4-5-8-20(19)23-26-29-30-27-23/h4-9,11-15H,2-3,10,16H2,1H3,(H,26,27,29,30). The lowest BCUT2D eigenvalue weighted by atomic mass is 9.98. The molecule has 8 heteroatoms. The summed E-state index contributed by atoms with van der Waals surface area (Å²) in [6.45, 7) is 2.90. The number of rotatable bonds is 8. The second-order valence-corrected chi connectivity index (χ2v) is 8.52. The van der Waals surface area contributed by atoms with Crippen LogP contribution in [0.15, 0.2) is 66.0 Å². The van der Waals surface area contributed by atoms with Crippen molar-refractivity contribution in [2.75, 3.05) is 0 Å². The quantitative estimate of drug-likeness (QED) is 0.356. The molecule has 1 N–H and O–H groups in total. The first kappa shape index (κ1) is 20.3. The van der Waals surface area contributed by atoms with Gasteiger partial charge in [0.1, 0.15) is 5.82 Å². The van der Waals surface area contributed by atoms with Crippen LogP contribution >= 0.6 is 11.3 Å². The van der Waals surface area contributed by atoms with Gasteiger partial charge in [-0.1, -0.05) is 67.9 Å². The van der Waals surface area contributed by atoms with Gasteiger partial charge in [0.2, 0.25) is 5.82 Å². The van der Waals surface area contributed by atoms with Crippen molar-refractivity contribution in [3.8, 4) is 33.2 Å². The topological polar surface area (TPSA) is 85.2 Å². The fourth-order valence-electron chi connectivity index (χ4n) is 3.70. The molecular weight excluding hydrogens is 418 g/mol. The zero-order chi connectivity index (χ0) is 21.8. The number of tetrazole rings is 1. The van der Waals surface area contributed by atoms with Gasteiger partial charge >= 0.3 is 0 Å². The predicted molar refractivity (Wildman–Crippen MR) is 126 cm³/mol. The van der Waals surface area contributed by atoms with Gasteiger partial charge in [0.25, 0.3) is 0 Å². The Bertz CT molecular complexity index is 1270. The highest BCUT2D eigenvalue weighted by Crippen LogP contribution is 2.30. The van der Waals surface area contributed by atoms with Gasteiger partial charge in [-0.05, 0) is 39.8 Å². The average Bonchev–Trinajstić information content (AvgIpc) is 3.61. The van der Waals surface area contributed by atoms with Crippen LogP contribution in [0.3, 0.4) is 0 Å². The Morgan fingerprint density at radius 2 is 1.78 bits per heavy atom. The molecule has 32 heavy (non-hydrogen) atoms. The van der Waals surface area contributed by atoms with Crippen LogP contribution in [0.4, 0.5) is 0 Å². The first-order chi connectivity index (χ1) is 15.8. The van der Waals surface area contributed by atoms with Crippen molar-refractivity contribution in [1.29, 1.82) is 0 Å². The lowest BCUT2D eigenvalue weighted by Crippen LogP contribution is -2.07. The largest absolute Gasteiger partial charge is 0.245 e. The van der Waals surface area contributed by atoms with Crippen molar-refractivity contribution in [1.82, 2.24) is 35.4 Å². The minimum Gasteiger partial charge on any atom is -0.245 e. The van der Waals surface area contributed by atoms with E-state index in [9.17, 15) is 0 Å². The number of aryl methyl sites for hydroxylation is 1. The summed E-state index contributed by atoms with van der Waals surface area (Å²) in [5.41, 5.74) is 4.32. The van der Waals surface area contributed by atoms with E-state index in [1.807, 2.05) is 28.9 Å². The van der Waals surface area contributed by atoms with E-state index in [0.29, 0.717) is 12.4 Å². The Labute approximate surface area is 190 Å². The van der Waals surface area contributed by atoms with Crippen LogP contribution in [-0.4, -0.2) is 35.4 Å². The maximum atomic E-state index is 4.83. The summed E-state index contributed by atoms with van der Waals surface area (Å²) in [5.74, 6) is 2.45. The predicted octanol–water partition coefficient (Wildman–Crippen LogP) is 5.24. The molecule has 0 saturated carbocycles. The van der Waals surface area contributed by atoms with Crippen LogP contribution < -0.4 is 0 Å². The molecule has 0 amide bonds. The number of H-pyrrole nitrogens is 1. The molecule has 160 valence electrons. The molecule has 0 bridgehead atoms. The van der Waals surface area contributed by atoms with Gasteiger partial charge in [0.15, 0.2) is 5.82 Å². The number of nitrogens with zero attached hydrogens (tertiary/aromatic N) is 6. The third-order valence-electron chi connectivity index (χ3n) is 5.35. The van der Waals surface area contributed by atoms with Crippen LogP contribution in [0, 0.1) is 0 Å². The first-order valence-corrected chi connectivity index (χ1v) is 11.6. The molecule has 3 heterocycles. The van der Waals surface area contributed by atoms with Crippen LogP contribution in [-0.2, 0) is 13.0 Å². The number of hydrogen-bond acceptors (Lipinski definition) is 6. The molecular formula is C24H23N7S. The molecule has 0 spiro atoms. The molecule has 3 aromatic heterocycles. The molecule has 5 aromatic rings. The normalized spacial score (nSPS) is 11.2. The summed E-state index contributed by atoms with van der Waals surface area (Å²) in [5, 5.41) is 21.4.